The van der Waals surface area contributed by atoms with Crippen LogP contribution in [0.3, 0.4) is 0 Å². The molecule has 0 atom stereocenters. The lowest BCUT2D eigenvalue weighted by molar-refractivity contribution is 0.301. The summed E-state index contributed by atoms with van der Waals surface area (Å²) in [6.07, 6.45) is 2.89. The van der Waals surface area contributed by atoms with Crippen molar-refractivity contribution in [3.63, 3.8) is 0 Å². The molecule has 94 valence electrons. The van der Waals surface area contributed by atoms with Crippen molar-refractivity contribution in [2.45, 2.75) is 19.9 Å². The molecule has 0 saturated carbocycles. The Hall–Kier alpha value is -1.48. The lowest BCUT2D eigenvalue weighted by Crippen LogP contribution is -2.18. The van der Waals surface area contributed by atoms with Crippen molar-refractivity contribution in [1.29, 1.82) is 0 Å². The fraction of sp³-hybridized carbons (Fsp3) is 0.429. The van der Waals surface area contributed by atoms with Crippen LogP contribution in [0.2, 0.25) is 0 Å². The standard InChI is InChI=1S/C14H22N2O/c1-4-8-16(3)11-12-6-7-13(15)10-14(12)17-9-5-2/h4,6-7,10H,1,5,8-9,11,15H2,2-3H3. The summed E-state index contributed by atoms with van der Waals surface area (Å²) in [6.45, 7) is 8.25. The second kappa shape index (κ2) is 6.97. The number of benzene rings is 1. The van der Waals surface area contributed by atoms with Crippen LogP contribution >= 0.6 is 0 Å². The van der Waals surface area contributed by atoms with E-state index in [9.17, 15) is 0 Å². The summed E-state index contributed by atoms with van der Waals surface area (Å²) in [6, 6.07) is 5.84. The van der Waals surface area contributed by atoms with E-state index in [1.165, 1.54) is 0 Å². The molecule has 0 aliphatic heterocycles. The van der Waals surface area contributed by atoms with Gasteiger partial charge in [0.25, 0.3) is 0 Å². The van der Waals surface area contributed by atoms with Gasteiger partial charge in [-0.3, -0.25) is 4.90 Å². The van der Waals surface area contributed by atoms with Gasteiger partial charge in [0, 0.05) is 30.4 Å². The van der Waals surface area contributed by atoms with Gasteiger partial charge in [-0.1, -0.05) is 19.1 Å². The molecule has 0 aliphatic carbocycles. The first kappa shape index (κ1) is 13.6. The van der Waals surface area contributed by atoms with Crippen LogP contribution < -0.4 is 10.5 Å². The minimum Gasteiger partial charge on any atom is -0.493 e. The SMILES string of the molecule is C=CCN(C)Cc1ccc(N)cc1OCCC. The maximum absolute atomic E-state index is 5.78. The first-order valence-corrected chi connectivity index (χ1v) is 5.98. The molecule has 0 unspecified atom stereocenters. The Balaban J connectivity index is 2.77. The summed E-state index contributed by atoms with van der Waals surface area (Å²) in [4.78, 5) is 2.18. The van der Waals surface area contributed by atoms with E-state index in [0.29, 0.717) is 0 Å². The minimum atomic E-state index is 0.724. The predicted molar refractivity (Wildman–Crippen MR) is 73.2 cm³/mol. The average molecular weight is 234 g/mol. The van der Waals surface area contributed by atoms with E-state index in [0.717, 1.165) is 43.1 Å². The van der Waals surface area contributed by atoms with E-state index >= 15 is 0 Å². The fourth-order valence-electron chi connectivity index (χ4n) is 1.62. The second-order valence-electron chi connectivity index (χ2n) is 4.20. The number of anilines is 1. The normalized spacial score (nSPS) is 10.5. The third-order valence-corrected chi connectivity index (χ3v) is 2.43. The van der Waals surface area contributed by atoms with Gasteiger partial charge in [0.1, 0.15) is 5.75 Å². The molecule has 0 aromatic heterocycles. The van der Waals surface area contributed by atoms with Crippen molar-refractivity contribution >= 4 is 5.69 Å². The number of nitrogen functional groups attached to an aromatic ring is 1. The fourth-order valence-corrected chi connectivity index (χ4v) is 1.62. The number of nitrogens with two attached hydrogens (primary N) is 1. The third-order valence-electron chi connectivity index (χ3n) is 2.43. The molecular weight excluding hydrogens is 212 g/mol. The van der Waals surface area contributed by atoms with Gasteiger partial charge in [-0.2, -0.15) is 0 Å². The summed E-state index contributed by atoms with van der Waals surface area (Å²) in [5.74, 6) is 0.891. The molecule has 3 nitrogen and oxygen atoms in total. The number of nitrogens with zero attached hydrogens (tertiary/aromatic N) is 1. The van der Waals surface area contributed by atoms with Gasteiger partial charge < -0.3 is 10.5 Å². The van der Waals surface area contributed by atoms with Crippen LogP contribution in [0.1, 0.15) is 18.9 Å². The first-order chi connectivity index (χ1) is 8.17. The summed E-state index contributed by atoms with van der Waals surface area (Å²) >= 11 is 0. The van der Waals surface area contributed by atoms with Crippen molar-refractivity contribution in [2.24, 2.45) is 0 Å². The first-order valence-electron chi connectivity index (χ1n) is 5.98. The molecule has 0 fully saturated rings. The van der Waals surface area contributed by atoms with Gasteiger partial charge in [0.15, 0.2) is 0 Å². The molecule has 1 rings (SSSR count). The van der Waals surface area contributed by atoms with E-state index in [4.69, 9.17) is 10.5 Å². The maximum atomic E-state index is 5.78. The predicted octanol–water partition coefficient (Wildman–Crippen LogP) is 2.68. The quantitative estimate of drug-likeness (QED) is 0.582. The zero-order valence-electron chi connectivity index (χ0n) is 10.8. The number of hydrogen-bond donors (Lipinski definition) is 1. The Bertz CT molecular complexity index is 363. The van der Waals surface area contributed by atoms with Crippen LogP contribution in [0.4, 0.5) is 5.69 Å². The maximum Gasteiger partial charge on any atom is 0.125 e. The van der Waals surface area contributed by atoms with Crippen LogP contribution in [0.15, 0.2) is 30.9 Å². The number of rotatable bonds is 7. The highest BCUT2D eigenvalue weighted by Gasteiger charge is 2.06. The van der Waals surface area contributed by atoms with Gasteiger partial charge in [0.2, 0.25) is 0 Å². The molecule has 0 bridgehead atoms. The van der Waals surface area contributed by atoms with Crippen molar-refractivity contribution < 1.29 is 4.74 Å². The zero-order valence-corrected chi connectivity index (χ0v) is 10.8. The van der Waals surface area contributed by atoms with Crippen LogP contribution in [-0.2, 0) is 6.54 Å². The molecule has 0 radical (unpaired) electrons. The van der Waals surface area contributed by atoms with Gasteiger partial charge in [0.05, 0.1) is 6.61 Å². The highest BCUT2D eigenvalue weighted by atomic mass is 16.5. The van der Waals surface area contributed by atoms with Crippen LogP contribution in [0.5, 0.6) is 5.75 Å². The molecule has 2 N–H and O–H groups in total. The monoisotopic (exact) mass is 234 g/mol. The topological polar surface area (TPSA) is 38.5 Å². The van der Waals surface area contributed by atoms with Gasteiger partial charge in [-0.15, -0.1) is 6.58 Å². The number of likely N-dealkylation sites (N-methyl/N-ethyl adjacent to an activating group) is 1. The number of hydrogen-bond acceptors (Lipinski definition) is 3. The zero-order chi connectivity index (χ0) is 12.7. The van der Waals surface area contributed by atoms with E-state index in [-0.39, 0.29) is 0 Å². The van der Waals surface area contributed by atoms with E-state index in [1.807, 2.05) is 24.3 Å². The van der Waals surface area contributed by atoms with E-state index in [2.05, 4.69) is 25.5 Å². The van der Waals surface area contributed by atoms with Gasteiger partial charge in [-0.05, 0) is 19.5 Å². The molecule has 3 heteroatoms. The molecule has 0 heterocycles. The van der Waals surface area contributed by atoms with Crippen molar-refractivity contribution in [3.05, 3.63) is 36.4 Å². The Morgan fingerprint density at radius 3 is 2.88 bits per heavy atom. The lowest BCUT2D eigenvalue weighted by atomic mass is 10.1. The molecule has 0 saturated heterocycles. The number of ether oxygens (including phenoxy) is 1. The summed E-state index contributed by atoms with van der Waals surface area (Å²) in [5, 5.41) is 0. The molecule has 0 aliphatic rings. The van der Waals surface area contributed by atoms with Crippen LogP contribution in [0.25, 0.3) is 0 Å². The van der Waals surface area contributed by atoms with Gasteiger partial charge >= 0.3 is 0 Å². The lowest BCUT2D eigenvalue weighted by Gasteiger charge is -2.17. The van der Waals surface area contributed by atoms with Gasteiger partial charge in [-0.25, -0.2) is 0 Å². The minimum absolute atomic E-state index is 0.724. The van der Waals surface area contributed by atoms with Crippen molar-refractivity contribution in [1.82, 2.24) is 4.90 Å². The highest BCUT2D eigenvalue weighted by molar-refractivity contribution is 5.48. The largest absolute Gasteiger partial charge is 0.493 e. The third kappa shape index (κ3) is 4.49. The molecule has 0 amide bonds. The van der Waals surface area contributed by atoms with Crippen molar-refractivity contribution in [2.75, 3.05) is 25.9 Å². The highest BCUT2D eigenvalue weighted by Crippen LogP contribution is 2.23. The smallest absolute Gasteiger partial charge is 0.125 e. The molecule has 1 aromatic rings. The Labute approximate surface area is 104 Å². The molecular formula is C14H22N2O. The molecule has 1 aromatic carbocycles. The Morgan fingerprint density at radius 2 is 2.24 bits per heavy atom. The second-order valence-corrected chi connectivity index (χ2v) is 4.20. The average Bonchev–Trinajstić information content (AvgIpc) is 2.30. The van der Waals surface area contributed by atoms with E-state index in [1.54, 1.807) is 0 Å². The summed E-state index contributed by atoms with van der Waals surface area (Å²) in [5.41, 5.74) is 7.68. The molecule has 17 heavy (non-hydrogen) atoms. The Morgan fingerprint density at radius 1 is 1.47 bits per heavy atom. The summed E-state index contributed by atoms with van der Waals surface area (Å²) in [7, 11) is 2.06. The summed E-state index contributed by atoms with van der Waals surface area (Å²) < 4.78 is 5.71. The Kier molecular flexibility index (Phi) is 5.57. The molecule has 0 spiro atoms. The van der Waals surface area contributed by atoms with Crippen molar-refractivity contribution in [3.8, 4) is 5.75 Å². The van der Waals surface area contributed by atoms with E-state index < -0.39 is 0 Å². The van der Waals surface area contributed by atoms with Crippen LogP contribution in [0, 0.1) is 0 Å². The van der Waals surface area contributed by atoms with Crippen LogP contribution in [-0.4, -0.2) is 25.1 Å².